The van der Waals surface area contributed by atoms with Crippen molar-refractivity contribution in [2.75, 3.05) is 5.32 Å². The zero-order chi connectivity index (χ0) is 13.5. The van der Waals surface area contributed by atoms with E-state index >= 15 is 0 Å². The number of fused-ring (bicyclic) bond motifs is 1. The average Bonchev–Trinajstić information content (AvgIpc) is 3.19. The van der Waals surface area contributed by atoms with E-state index in [1.54, 1.807) is 11.3 Å². The molecule has 0 amide bonds. The fraction of sp³-hybridized carbons (Fsp3) is 0.231. The minimum absolute atomic E-state index is 0.220. The average molecular weight is 304 g/mol. The summed E-state index contributed by atoms with van der Waals surface area (Å²) in [6, 6.07) is 7.73. The third-order valence-electron chi connectivity index (χ3n) is 3.17. The van der Waals surface area contributed by atoms with Gasteiger partial charge >= 0.3 is 0 Å². The van der Waals surface area contributed by atoms with Crippen molar-refractivity contribution in [3.8, 4) is 0 Å². The van der Waals surface area contributed by atoms with Crippen molar-refractivity contribution in [3.63, 3.8) is 0 Å². The van der Waals surface area contributed by atoms with Crippen molar-refractivity contribution in [2.24, 2.45) is 0 Å². The third-order valence-corrected chi connectivity index (χ3v) is 4.34. The molecule has 1 aliphatic rings. The number of hydrogen-bond acceptors (Lipinski definition) is 6. The number of rotatable bonds is 3. The largest absolute Gasteiger partial charge is 0.314 e. The number of halogens is 1. The van der Waals surface area contributed by atoms with Gasteiger partial charge in [-0.3, -0.25) is 0 Å². The number of nitrogens with zero attached hydrogens (tertiary/aromatic N) is 4. The second-order valence-corrected chi connectivity index (χ2v) is 6.05. The molecule has 0 aliphatic heterocycles. The van der Waals surface area contributed by atoms with Crippen molar-refractivity contribution in [1.82, 2.24) is 20.2 Å². The van der Waals surface area contributed by atoms with E-state index in [1.165, 1.54) is 12.8 Å². The molecule has 7 heteroatoms. The van der Waals surface area contributed by atoms with Gasteiger partial charge < -0.3 is 5.32 Å². The van der Waals surface area contributed by atoms with Crippen LogP contribution >= 0.6 is 22.9 Å². The Morgan fingerprint density at radius 2 is 2.00 bits per heavy atom. The van der Waals surface area contributed by atoms with Crippen LogP contribution in [0.1, 0.15) is 23.8 Å². The topological polar surface area (TPSA) is 63.6 Å². The Hall–Kier alpha value is -1.79. The molecule has 5 nitrogen and oxygen atoms in total. The van der Waals surface area contributed by atoms with E-state index in [-0.39, 0.29) is 5.28 Å². The van der Waals surface area contributed by atoms with E-state index in [9.17, 15) is 0 Å². The lowest BCUT2D eigenvalue weighted by Gasteiger charge is -2.05. The first-order valence-electron chi connectivity index (χ1n) is 6.32. The van der Waals surface area contributed by atoms with E-state index in [0.717, 1.165) is 21.0 Å². The van der Waals surface area contributed by atoms with Gasteiger partial charge in [-0.2, -0.15) is 4.98 Å². The summed E-state index contributed by atoms with van der Waals surface area (Å²) in [6.45, 7) is 0. The number of benzene rings is 1. The first-order chi connectivity index (χ1) is 9.79. The molecule has 1 fully saturated rings. The molecule has 1 aromatic carbocycles. The quantitative estimate of drug-likeness (QED) is 0.746. The van der Waals surface area contributed by atoms with E-state index in [1.807, 2.05) is 24.3 Å². The fourth-order valence-electron chi connectivity index (χ4n) is 2.03. The maximum Gasteiger partial charge on any atom is 0.224 e. The monoisotopic (exact) mass is 303 g/mol. The second-order valence-electron chi connectivity index (χ2n) is 4.70. The maximum atomic E-state index is 5.96. The zero-order valence-electron chi connectivity index (χ0n) is 10.4. The number of hydrogen-bond donors (Lipinski definition) is 1. The molecule has 100 valence electrons. The molecule has 1 aliphatic carbocycles. The number of para-hydroxylation sites is 1. The van der Waals surface area contributed by atoms with Gasteiger partial charge in [0.2, 0.25) is 10.4 Å². The molecule has 0 radical (unpaired) electrons. The van der Waals surface area contributed by atoms with Crippen molar-refractivity contribution >= 4 is 44.8 Å². The van der Waals surface area contributed by atoms with Gasteiger partial charge in [0, 0.05) is 11.3 Å². The van der Waals surface area contributed by atoms with E-state index in [4.69, 9.17) is 11.6 Å². The molecule has 0 unspecified atom stereocenters. The van der Waals surface area contributed by atoms with E-state index in [2.05, 4.69) is 25.5 Å². The molecular formula is C13H10ClN5S. The summed E-state index contributed by atoms with van der Waals surface area (Å²) >= 11 is 7.54. The molecule has 0 spiro atoms. The third kappa shape index (κ3) is 2.21. The van der Waals surface area contributed by atoms with E-state index in [0.29, 0.717) is 11.7 Å². The van der Waals surface area contributed by atoms with Crippen LogP contribution in [0.5, 0.6) is 0 Å². The molecule has 1 saturated carbocycles. The Morgan fingerprint density at radius 3 is 2.85 bits per heavy atom. The maximum absolute atomic E-state index is 5.96. The number of anilines is 2. The minimum atomic E-state index is 0.220. The van der Waals surface area contributed by atoms with Crippen LogP contribution in [0.4, 0.5) is 10.9 Å². The molecule has 4 rings (SSSR count). The lowest BCUT2D eigenvalue weighted by atomic mass is 10.2. The Bertz CT molecular complexity index is 783. The highest BCUT2D eigenvalue weighted by atomic mass is 35.5. The highest BCUT2D eigenvalue weighted by Crippen LogP contribution is 2.42. The SMILES string of the molecule is Clc1nc(Nc2nnc(C3CC3)s2)c2ccccc2n1. The molecule has 1 N–H and O–H groups in total. The zero-order valence-corrected chi connectivity index (χ0v) is 11.9. The molecular weight excluding hydrogens is 294 g/mol. The lowest BCUT2D eigenvalue weighted by molar-refractivity contribution is 0.977. The minimum Gasteiger partial charge on any atom is -0.314 e. The fourth-order valence-corrected chi connectivity index (χ4v) is 3.11. The Balaban J connectivity index is 1.73. The number of nitrogens with one attached hydrogen (secondary N) is 1. The predicted octanol–water partition coefficient (Wildman–Crippen LogP) is 3.76. The van der Waals surface area contributed by atoms with Gasteiger partial charge in [0.25, 0.3) is 0 Å². The van der Waals surface area contributed by atoms with Crippen LogP contribution < -0.4 is 5.32 Å². The highest BCUT2D eigenvalue weighted by Gasteiger charge is 2.27. The van der Waals surface area contributed by atoms with Crippen molar-refractivity contribution in [1.29, 1.82) is 0 Å². The Labute approximate surface area is 124 Å². The van der Waals surface area contributed by atoms with E-state index < -0.39 is 0 Å². The first-order valence-corrected chi connectivity index (χ1v) is 7.52. The highest BCUT2D eigenvalue weighted by molar-refractivity contribution is 7.15. The van der Waals surface area contributed by atoms with Crippen LogP contribution in [0.15, 0.2) is 24.3 Å². The van der Waals surface area contributed by atoms with Gasteiger partial charge in [0.15, 0.2) is 0 Å². The second kappa shape index (κ2) is 4.64. The van der Waals surface area contributed by atoms with Crippen molar-refractivity contribution in [3.05, 3.63) is 34.6 Å². The molecule has 2 heterocycles. The Morgan fingerprint density at radius 1 is 1.15 bits per heavy atom. The van der Waals surface area contributed by atoms with Gasteiger partial charge in [-0.25, -0.2) is 4.98 Å². The Kier molecular flexibility index (Phi) is 2.78. The molecule has 3 aromatic rings. The summed E-state index contributed by atoms with van der Waals surface area (Å²) in [4.78, 5) is 8.45. The van der Waals surface area contributed by atoms with Crippen LogP contribution in [0.2, 0.25) is 5.28 Å². The van der Waals surface area contributed by atoms with Gasteiger partial charge in [-0.05, 0) is 36.6 Å². The van der Waals surface area contributed by atoms with Crippen LogP contribution in [-0.2, 0) is 0 Å². The van der Waals surface area contributed by atoms with Gasteiger partial charge in [0.1, 0.15) is 10.8 Å². The normalized spacial score (nSPS) is 14.7. The smallest absolute Gasteiger partial charge is 0.224 e. The summed E-state index contributed by atoms with van der Waals surface area (Å²) in [5, 5.41) is 14.5. The predicted molar refractivity (Wildman–Crippen MR) is 79.7 cm³/mol. The summed E-state index contributed by atoms with van der Waals surface area (Å²) < 4.78 is 0. The standard InChI is InChI=1S/C13H10ClN5S/c14-12-15-9-4-2-1-3-8(9)10(16-12)17-13-19-18-11(20-13)7-5-6-7/h1-4,7H,5-6H2,(H,15,16,17,19). The van der Waals surface area contributed by atoms with Crippen molar-refractivity contribution in [2.45, 2.75) is 18.8 Å². The molecule has 2 aromatic heterocycles. The van der Waals surface area contributed by atoms with Gasteiger partial charge in [0.05, 0.1) is 5.52 Å². The number of aromatic nitrogens is 4. The lowest BCUT2D eigenvalue weighted by Crippen LogP contribution is -1.96. The summed E-state index contributed by atoms with van der Waals surface area (Å²) in [5.41, 5.74) is 0.807. The van der Waals surface area contributed by atoms with Crippen LogP contribution in [0, 0.1) is 0 Å². The van der Waals surface area contributed by atoms with Crippen LogP contribution in [-0.4, -0.2) is 20.2 Å². The van der Waals surface area contributed by atoms with Crippen LogP contribution in [0.3, 0.4) is 0 Å². The first kappa shape index (κ1) is 12.0. The van der Waals surface area contributed by atoms with Crippen LogP contribution in [0.25, 0.3) is 10.9 Å². The molecule has 0 atom stereocenters. The summed E-state index contributed by atoms with van der Waals surface area (Å²) in [7, 11) is 0. The molecule has 0 bridgehead atoms. The summed E-state index contributed by atoms with van der Waals surface area (Å²) in [5.74, 6) is 1.27. The van der Waals surface area contributed by atoms with Gasteiger partial charge in [-0.1, -0.05) is 23.5 Å². The molecule has 0 saturated heterocycles. The molecule has 20 heavy (non-hydrogen) atoms. The van der Waals surface area contributed by atoms with Crippen molar-refractivity contribution < 1.29 is 0 Å². The van der Waals surface area contributed by atoms with Gasteiger partial charge in [-0.15, -0.1) is 10.2 Å². The summed E-state index contributed by atoms with van der Waals surface area (Å²) in [6.07, 6.45) is 2.44.